The van der Waals surface area contributed by atoms with Crippen LogP contribution in [-0.4, -0.2) is 32.3 Å². The summed E-state index contributed by atoms with van der Waals surface area (Å²) in [5.74, 6) is 0.266. The molecule has 2 aromatic heterocycles. The van der Waals surface area contributed by atoms with Crippen molar-refractivity contribution in [3.63, 3.8) is 0 Å². The van der Waals surface area contributed by atoms with Gasteiger partial charge in [-0.2, -0.15) is 0 Å². The Hall–Kier alpha value is -3.88. The van der Waals surface area contributed by atoms with E-state index in [9.17, 15) is 14.7 Å². The van der Waals surface area contributed by atoms with Crippen molar-refractivity contribution in [3.8, 4) is 23.0 Å². The minimum absolute atomic E-state index is 0.0609. The topological polar surface area (TPSA) is 120 Å². The quantitative estimate of drug-likeness (QED) is 0.518. The van der Waals surface area contributed by atoms with Crippen LogP contribution in [0.5, 0.6) is 23.0 Å². The third-order valence-corrected chi connectivity index (χ3v) is 4.98. The molecule has 1 aromatic carbocycles. The number of amides is 1. The Bertz CT molecular complexity index is 1130. The fourth-order valence-corrected chi connectivity index (χ4v) is 3.55. The summed E-state index contributed by atoms with van der Waals surface area (Å²) in [5, 5.41) is 13.3. The second kappa shape index (κ2) is 9.95. The number of hydrogen-bond acceptors (Lipinski definition) is 8. The Kier molecular flexibility index (Phi) is 7.09. The van der Waals surface area contributed by atoms with Crippen molar-refractivity contribution in [2.45, 2.75) is 25.8 Å². The number of aromatic hydroxyl groups is 1. The maximum Gasteiger partial charge on any atom is 0.343 e. The molecule has 32 heavy (non-hydrogen) atoms. The van der Waals surface area contributed by atoms with Gasteiger partial charge in [0.2, 0.25) is 11.7 Å². The number of ether oxygens (including phenoxy) is 3. The molecule has 3 aromatic rings. The number of hydrogen-bond donors (Lipinski definition) is 2. The van der Waals surface area contributed by atoms with Crippen molar-refractivity contribution >= 4 is 5.91 Å². The number of benzene rings is 1. The lowest BCUT2D eigenvalue weighted by Crippen LogP contribution is -2.26. The van der Waals surface area contributed by atoms with Crippen molar-refractivity contribution < 1.29 is 32.9 Å². The average Bonchev–Trinajstić information content (AvgIpc) is 3.28. The molecular weight excluding hydrogens is 418 g/mol. The van der Waals surface area contributed by atoms with E-state index in [4.69, 9.17) is 23.0 Å². The molecule has 0 saturated carbocycles. The minimum atomic E-state index is -0.891. The van der Waals surface area contributed by atoms with Gasteiger partial charge in [-0.15, -0.1) is 0 Å². The first-order valence-corrected chi connectivity index (χ1v) is 9.81. The minimum Gasteiger partial charge on any atom is -0.507 e. The molecule has 0 aliphatic rings. The molecule has 1 amide bonds. The Balaban J connectivity index is 2.07. The first kappa shape index (κ1) is 22.8. The normalized spacial score (nSPS) is 11.6. The molecule has 2 N–H and O–H groups in total. The molecule has 0 fully saturated rings. The molecule has 0 unspecified atom stereocenters. The van der Waals surface area contributed by atoms with Gasteiger partial charge in [-0.05, 0) is 25.1 Å². The summed E-state index contributed by atoms with van der Waals surface area (Å²) in [5.41, 5.74) is -0.359. The number of nitrogens with one attached hydrogen (secondary N) is 1. The summed E-state index contributed by atoms with van der Waals surface area (Å²) >= 11 is 0. The van der Waals surface area contributed by atoms with E-state index in [2.05, 4.69) is 5.32 Å². The lowest BCUT2D eigenvalue weighted by atomic mass is 9.87. The molecule has 0 bridgehead atoms. The van der Waals surface area contributed by atoms with Crippen LogP contribution in [0.4, 0.5) is 0 Å². The largest absolute Gasteiger partial charge is 0.507 e. The molecule has 9 nitrogen and oxygen atoms in total. The highest BCUT2D eigenvalue weighted by Gasteiger charge is 2.30. The van der Waals surface area contributed by atoms with E-state index < -0.39 is 11.5 Å². The summed E-state index contributed by atoms with van der Waals surface area (Å²) in [7, 11) is 4.37. The Labute approximate surface area is 184 Å². The first-order chi connectivity index (χ1) is 15.4. The lowest BCUT2D eigenvalue weighted by molar-refractivity contribution is -0.121. The SMILES string of the molecule is COc1ccc([C@H](CC(=O)NCc2ccco2)c2c(O)cc(C)oc2=O)c(OC)c1OC. The second-order valence-corrected chi connectivity index (χ2v) is 6.98. The van der Waals surface area contributed by atoms with Crippen molar-refractivity contribution in [2.24, 2.45) is 0 Å². The van der Waals surface area contributed by atoms with Crippen LogP contribution in [0.3, 0.4) is 0 Å². The molecule has 3 rings (SSSR count). The molecule has 1 atom stereocenters. The van der Waals surface area contributed by atoms with Gasteiger partial charge in [0, 0.05) is 24.0 Å². The van der Waals surface area contributed by atoms with Gasteiger partial charge in [0.1, 0.15) is 17.3 Å². The van der Waals surface area contributed by atoms with Gasteiger partial charge in [0.25, 0.3) is 0 Å². The number of aryl methyl sites for hydroxylation is 1. The van der Waals surface area contributed by atoms with Crippen LogP contribution in [0.15, 0.2) is 50.2 Å². The predicted molar refractivity (Wildman–Crippen MR) is 114 cm³/mol. The number of rotatable bonds is 9. The van der Waals surface area contributed by atoms with Crippen molar-refractivity contribution in [1.82, 2.24) is 5.32 Å². The molecule has 2 heterocycles. The zero-order chi connectivity index (χ0) is 23.3. The van der Waals surface area contributed by atoms with Crippen LogP contribution in [0.2, 0.25) is 0 Å². The summed E-state index contributed by atoms with van der Waals surface area (Å²) < 4.78 is 26.7. The van der Waals surface area contributed by atoms with E-state index in [1.807, 2.05) is 0 Å². The molecule has 9 heteroatoms. The van der Waals surface area contributed by atoms with Crippen molar-refractivity contribution in [2.75, 3.05) is 21.3 Å². The second-order valence-electron chi connectivity index (χ2n) is 6.98. The van der Waals surface area contributed by atoms with Crippen LogP contribution in [-0.2, 0) is 11.3 Å². The van der Waals surface area contributed by atoms with Crippen LogP contribution in [0, 0.1) is 6.92 Å². The van der Waals surface area contributed by atoms with Crippen molar-refractivity contribution in [3.05, 3.63) is 69.7 Å². The number of carbonyl (C=O) groups is 1. The summed E-state index contributed by atoms with van der Waals surface area (Å²) in [6.07, 6.45) is 1.34. The van der Waals surface area contributed by atoms with E-state index in [0.717, 1.165) is 0 Å². The first-order valence-electron chi connectivity index (χ1n) is 9.81. The maximum absolute atomic E-state index is 12.8. The number of methoxy groups -OCH3 is 3. The van der Waals surface area contributed by atoms with Crippen LogP contribution in [0.1, 0.15) is 35.0 Å². The Morgan fingerprint density at radius 1 is 1.12 bits per heavy atom. The molecule has 0 spiro atoms. The number of carbonyl (C=O) groups excluding carboxylic acids is 1. The monoisotopic (exact) mass is 443 g/mol. The molecule has 0 radical (unpaired) electrons. The molecule has 0 aliphatic carbocycles. The molecule has 170 valence electrons. The third kappa shape index (κ3) is 4.72. The molecule has 0 aliphatic heterocycles. The van der Waals surface area contributed by atoms with Gasteiger partial charge in [-0.3, -0.25) is 4.79 Å². The van der Waals surface area contributed by atoms with E-state index >= 15 is 0 Å². The lowest BCUT2D eigenvalue weighted by Gasteiger charge is -2.22. The van der Waals surface area contributed by atoms with Gasteiger partial charge in [0.05, 0.1) is 39.7 Å². The highest BCUT2D eigenvalue weighted by atomic mass is 16.5. The standard InChI is InChI=1S/C23H25NO8/c1-13-10-17(25)20(23(27)32-13)16(11-19(26)24-12-14-6-5-9-31-14)15-7-8-18(28-2)22(30-4)21(15)29-3/h5-10,16,25H,11-12H2,1-4H3,(H,24,26)/t16-/m0/s1. The maximum atomic E-state index is 12.8. The van der Waals surface area contributed by atoms with E-state index in [0.29, 0.717) is 22.8 Å². The summed E-state index contributed by atoms with van der Waals surface area (Å²) in [6.45, 7) is 1.73. The highest BCUT2D eigenvalue weighted by Crippen LogP contribution is 2.45. The molecular formula is C23H25NO8. The fraction of sp³-hybridized carbons (Fsp3) is 0.304. The summed E-state index contributed by atoms with van der Waals surface area (Å²) in [6, 6.07) is 8.07. The van der Waals surface area contributed by atoms with Gasteiger partial charge >= 0.3 is 5.63 Å². The average molecular weight is 443 g/mol. The third-order valence-electron chi connectivity index (χ3n) is 4.98. The zero-order valence-corrected chi connectivity index (χ0v) is 18.3. The number of furan rings is 1. The van der Waals surface area contributed by atoms with Gasteiger partial charge in [-0.25, -0.2) is 4.79 Å². The van der Waals surface area contributed by atoms with E-state index in [1.165, 1.54) is 33.7 Å². The van der Waals surface area contributed by atoms with Crippen molar-refractivity contribution in [1.29, 1.82) is 0 Å². The summed E-state index contributed by atoms with van der Waals surface area (Å²) in [4.78, 5) is 25.5. The van der Waals surface area contributed by atoms with E-state index in [-0.39, 0.29) is 41.7 Å². The Morgan fingerprint density at radius 2 is 1.88 bits per heavy atom. The van der Waals surface area contributed by atoms with Crippen LogP contribution >= 0.6 is 0 Å². The fourth-order valence-electron chi connectivity index (χ4n) is 3.55. The Morgan fingerprint density at radius 3 is 2.47 bits per heavy atom. The van der Waals surface area contributed by atoms with E-state index in [1.54, 1.807) is 31.2 Å². The van der Waals surface area contributed by atoms with Crippen LogP contribution < -0.4 is 25.2 Å². The van der Waals surface area contributed by atoms with Gasteiger partial charge in [-0.1, -0.05) is 6.07 Å². The van der Waals surface area contributed by atoms with Gasteiger partial charge < -0.3 is 33.5 Å². The van der Waals surface area contributed by atoms with Gasteiger partial charge in [0.15, 0.2) is 11.5 Å². The highest BCUT2D eigenvalue weighted by molar-refractivity contribution is 5.78. The predicted octanol–water partition coefficient (Wildman–Crippen LogP) is 3.11. The molecule has 0 saturated heterocycles. The van der Waals surface area contributed by atoms with Crippen LogP contribution in [0.25, 0.3) is 0 Å². The smallest absolute Gasteiger partial charge is 0.343 e. The zero-order valence-electron chi connectivity index (χ0n) is 18.3.